The number of aliphatic hydroxyl groups is 13. The van der Waals surface area contributed by atoms with E-state index in [1.54, 1.807) is 12.1 Å². The number of carbonyl (C=O) groups excluding carboxylic acids is 5. The number of amides is 5. The number of rotatable bonds is 32. The first-order valence-corrected chi connectivity index (χ1v) is 33.2. The van der Waals surface area contributed by atoms with E-state index in [4.69, 9.17) is 61.6 Å². The Morgan fingerprint density at radius 3 is 1.35 bits per heavy atom. The highest BCUT2D eigenvalue weighted by atomic mass is 16.8. The quantitative estimate of drug-likeness (QED) is 0.0235. The van der Waals surface area contributed by atoms with Crippen LogP contribution in [0.15, 0.2) is 36.4 Å². The molecule has 0 bridgehead atoms. The van der Waals surface area contributed by atoms with Gasteiger partial charge in [-0.3, -0.25) is 24.0 Å². The van der Waals surface area contributed by atoms with Gasteiger partial charge in [0.05, 0.1) is 45.7 Å². The van der Waals surface area contributed by atoms with Gasteiger partial charge in [0.15, 0.2) is 37.7 Å². The average molecular weight is 1420 g/mol. The van der Waals surface area contributed by atoms with Crippen molar-refractivity contribution in [1.29, 1.82) is 0 Å². The third kappa shape index (κ3) is 20.9. The van der Waals surface area contributed by atoms with Gasteiger partial charge in [0.2, 0.25) is 23.6 Å². The summed E-state index contributed by atoms with van der Waals surface area (Å²) in [6.45, 7) is 3.52. The molecule has 6 saturated heterocycles. The zero-order valence-corrected chi connectivity index (χ0v) is 56.1. The molecule has 36 heteroatoms. The molecule has 18 N–H and O–H groups in total. The van der Waals surface area contributed by atoms with Gasteiger partial charge in [-0.1, -0.05) is 44.4 Å². The molecule has 1 aromatic rings. The fourth-order valence-corrected chi connectivity index (χ4v) is 12.7. The summed E-state index contributed by atoms with van der Waals surface area (Å²) in [5.41, 5.74) is 0.0482. The van der Waals surface area contributed by atoms with Crippen LogP contribution in [0.4, 0.5) is 0 Å². The third-order valence-electron chi connectivity index (χ3n) is 17.8. The highest BCUT2D eigenvalue weighted by Crippen LogP contribution is 2.37. The van der Waals surface area contributed by atoms with Crippen molar-refractivity contribution in [3.05, 3.63) is 42.0 Å². The van der Waals surface area contributed by atoms with Gasteiger partial charge in [0.25, 0.3) is 5.91 Å². The first-order valence-electron chi connectivity index (χ1n) is 33.2. The van der Waals surface area contributed by atoms with Crippen LogP contribution in [0.2, 0.25) is 0 Å². The van der Waals surface area contributed by atoms with E-state index in [2.05, 4.69) is 45.7 Å². The second kappa shape index (κ2) is 38.6. The minimum atomic E-state index is -2.07. The van der Waals surface area contributed by atoms with E-state index in [9.17, 15) is 90.4 Å². The molecule has 30 atom stereocenters. The lowest BCUT2D eigenvalue weighted by Gasteiger charge is -2.51. The lowest BCUT2D eigenvalue weighted by molar-refractivity contribution is -0.368. The lowest BCUT2D eigenvalue weighted by atomic mass is 9.93. The third-order valence-corrected chi connectivity index (χ3v) is 17.8. The summed E-state index contributed by atoms with van der Waals surface area (Å²) in [4.78, 5) is 65.1. The molecule has 5 amide bonds. The number of carbonyl (C=O) groups is 5. The maximum Gasteiger partial charge on any atom is 0.251 e. The van der Waals surface area contributed by atoms with Gasteiger partial charge in [-0.05, 0) is 50.8 Å². The summed E-state index contributed by atoms with van der Waals surface area (Å²) in [6.07, 6.45) is -32.0. The molecule has 1 aromatic carbocycles. The van der Waals surface area contributed by atoms with Crippen LogP contribution in [0.1, 0.15) is 96.8 Å². The van der Waals surface area contributed by atoms with Gasteiger partial charge in [0, 0.05) is 40.4 Å². The van der Waals surface area contributed by atoms with Crippen molar-refractivity contribution < 1.29 is 152 Å². The monoisotopic (exact) mass is 1420 g/mol. The summed E-state index contributed by atoms with van der Waals surface area (Å²) < 4.78 is 77.9. The van der Waals surface area contributed by atoms with Crippen molar-refractivity contribution >= 4 is 29.5 Å². The number of hydrogen-bond acceptors (Lipinski definition) is 31. The van der Waals surface area contributed by atoms with E-state index >= 15 is 0 Å². The second-order valence-corrected chi connectivity index (χ2v) is 25.3. The van der Waals surface area contributed by atoms with Crippen LogP contribution in [0.25, 0.3) is 0 Å². The zero-order chi connectivity index (χ0) is 72.5. The summed E-state index contributed by atoms with van der Waals surface area (Å²) in [5.74, 6) is -3.67. The van der Waals surface area contributed by atoms with E-state index < -0.39 is 246 Å². The number of aliphatic hydroxyl groups excluding tert-OH is 13. The lowest BCUT2D eigenvalue weighted by Crippen LogP contribution is -2.72. The van der Waals surface area contributed by atoms with Crippen LogP contribution in [0.3, 0.4) is 0 Å². The Kier molecular flexibility index (Phi) is 31.7. The molecule has 0 aliphatic carbocycles. The van der Waals surface area contributed by atoms with Crippen molar-refractivity contribution in [3.8, 4) is 5.75 Å². The number of hydrogen-bond donors (Lipinski definition) is 18. The topological polar surface area (TPSA) is 528 Å². The van der Waals surface area contributed by atoms with E-state index in [0.29, 0.717) is 18.8 Å². The maximum atomic E-state index is 14.0. The maximum absolute atomic E-state index is 14.0. The standard InChI is InChI=1S/C63H101N5O31/c1-8-9-10-11-12-13-14-15-16-20-88-33-19-17-18-32(21-33)57(85)68-40-46(79)45(78)34(22-69)92-59(40)96-52-35(23-70)93-60(41(48(52)81)65-29(4)74)97-53-36(24-71)94-61(42(49(53)82)66-30(5)75)98-54-37(25-72)95-62(43(50(54)83)67-31(6)76)99-55-38(91-58(86)39(47(55)80)64-28(3)73)26-89-63-56(87-7)51(84)44(77)27(2)90-63/h13-14,17-19,21,27,34-56,58-63,69-72,77-84,86H,8-12,15-16,20,22-26H2,1-7H3,(H,64,73)(H,65,74)(H,66,75)(H,67,76)(H,68,85)/b14-13-/t27?,34?,35-,36?,37-,38?,39-,40?,41?,42-,43?,44?,45+,46+,47+,48?,49+,50?,51-,52+,53?,54+,55?,56+,58?,59-,60?,61-,62?,63+/m0/s1. The van der Waals surface area contributed by atoms with Crippen LogP contribution in [-0.2, 0) is 76.0 Å². The van der Waals surface area contributed by atoms with Crippen molar-refractivity contribution in [2.45, 2.75) is 270 Å². The molecule has 6 aliphatic heterocycles. The van der Waals surface area contributed by atoms with Gasteiger partial charge < -0.3 is 155 Å². The van der Waals surface area contributed by atoms with Crippen LogP contribution < -0.4 is 31.3 Å². The fourth-order valence-electron chi connectivity index (χ4n) is 12.7. The normalized spacial score (nSPS) is 39.6. The Hall–Kier alpha value is -4.89. The van der Waals surface area contributed by atoms with Crippen LogP contribution >= 0.6 is 0 Å². The highest BCUT2D eigenvalue weighted by Gasteiger charge is 2.58. The van der Waals surface area contributed by atoms with Crippen molar-refractivity contribution in [3.63, 3.8) is 0 Å². The zero-order valence-electron chi connectivity index (χ0n) is 56.1. The van der Waals surface area contributed by atoms with Gasteiger partial charge in [-0.2, -0.15) is 0 Å². The van der Waals surface area contributed by atoms with Crippen LogP contribution in [0.5, 0.6) is 5.75 Å². The Bertz CT molecular complexity index is 2730. The SMILES string of the molecule is CCCCCC/C=C\CCCOc1cccc(C(=O)NC2[C@H](O[C@H]3C(O)C(NC(C)=O)C(OC4C(CO)O[C@@H](O[C@H]5C(O)C(NC(C)=O)C(OC6C(CO[C@@H]7OC(C)C(O)[C@H](O)[C@H]7OC)OC(O)[C@@H](NC(C)=O)[C@H]6O)O[C@H]5CO)[C@@H](NC(C)=O)[C@H]4O)O[C@H]3CO)OC(CO)[C@@H](O)[C@@H]2O)c1. The number of nitrogens with one attached hydrogen (secondary N) is 5. The summed E-state index contributed by atoms with van der Waals surface area (Å²) in [6, 6.07) is -2.45. The van der Waals surface area contributed by atoms with E-state index in [0.717, 1.165) is 53.4 Å². The Morgan fingerprint density at radius 1 is 0.465 bits per heavy atom. The van der Waals surface area contributed by atoms with Crippen molar-refractivity contribution in [2.75, 3.05) is 46.8 Å². The summed E-state index contributed by atoms with van der Waals surface area (Å²) in [5, 5.41) is 158. The second-order valence-electron chi connectivity index (χ2n) is 25.3. The smallest absolute Gasteiger partial charge is 0.251 e. The number of allylic oxidation sites excluding steroid dienone is 2. The minimum Gasteiger partial charge on any atom is -0.494 e. The molecule has 0 radical (unpaired) electrons. The first kappa shape index (κ1) is 81.4. The number of ether oxygens (including phenoxy) is 13. The molecule has 36 nitrogen and oxygen atoms in total. The molecule has 99 heavy (non-hydrogen) atoms. The number of methoxy groups -OCH3 is 1. The summed E-state index contributed by atoms with van der Waals surface area (Å²) in [7, 11) is 1.21. The molecule has 0 saturated carbocycles. The molecule has 6 aliphatic rings. The Balaban J connectivity index is 1.07. The molecular formula is C63H101N5O31. The molecule has 0 spiro atoms. The predicted octanol–water partition coefficient (Wildman–Crippen LogP) is -6.72. The molecular weight excluding hydrogens is 1320 g/mol. The molecule has 7 rings (SSSR count). The van der Waals surface area contributed by atoms with E-state index in [1.165, 1.54) is 39.0 Å². The average Bonchev–Trinajstić information content (AvgIpc) is 0.771. The predicted molar refractivity (Wildman–Crippen MR) is 333 cm³/mol. The molecule has 6 fully saturated rings. The molecule has 564 valence electrons. The van der Waals surface area contributed by atoms with Crippen LogP contribution in [-0.4, -0.2) is 327 Å². The minimum absolute atomic E-state index is 0.0482. The van der Waals surface area contributed by atoms with Crippen LogP contribution in [0, 0.1) is 0 Å². The van der Waals surface area contributed by atoms with Gasteiger partial charge in [-0.25, -0.2) is 0 Å². The van der Waals surface area contributed by atoms with E-state index in [-0.39, 0.29) is 5.56 Å². The number of unbranched alkanes of at least 4 members (excludes halogenated alkanes) is 5. The largest absolute Gasteiger partial charge is 0.494 e. The van der Waals surface area contributed by atoms with Gasteiger partial charge >= 0.3 is 0 Å². The summed E-state index contributed by atoms with van der Waals surface area (Å²) >= 11 is 0. The number of benzene rings is 1. The Morgan fingerprint density at radius 2 is 0.899 bits per heavy atom. The highest BCUT2D eigenvalue weighted by molar-refractivity contribution is 5.94. The molecule has 0 aromatic heterocycles. The molecule has 6 heterocycles. The first-order chi connectivity index (χ1) is 47.2. The van der Waals surface area contributed by atoms with Gasteiger partial charge in [0.1, 0.15) is 146 Å². The van der Waals surface area contributed by atoms with Crippen molar-refractivity contribution in [2.24, 2.45) is 0 Å². The Labute approximate surface area is 571 Å². The van der Waals surface area contributed by atoms with Gasteiger partial charge in [-0.15, -0.1) is 0 Å². The van der Waals surface area contributed by atoms with Crippen molar-refractivity contribution in [1.82, 2.24) is 26.6 Å². The fraction of sp³-hybridized carbons (Fsp3) is 0.794. The molecule has 15 unspecified atom stereocenters. The van der Waals surface area contributed by atoms with E-state index in [1.807, 2.05) is 0 Å².